The zero-order chi connectivity index (χ0) is 15.6. The average molecular weight is 308 g/mol. The number of nitrogens with one attached hydrogen (secondary N) is 1. The van der Waals surface area contributed by atoms with E-state index in [1.807, 2.05) is 0 Å². The Morgan fingerprint density at radius 2 is 2.05 bits per heavy atom. The summed E-state index contributed by atoms with van der Waals surface area (Å²) < 4.78 is 43.6. The Kier molecular flexibility index (Phi) is 4.67. The summed E-state index contributed by atoms with van der Waals surface area (Å²) in [4.78, 5) is 3.61. The molecule has 1 aliphatic rings. The second kappa shape index (κ2) is 6.14. The lowest BCUT2D eigenvalue weighted by atomic mass is 9.98. The van der Waals surface area contributed by atoms with Crippen molar-refractivity contribution in [2.75, 3.05) is 18.5 Å². The number of aliphatic hydroxyl groups is 3. The molecule has 0 bridgehead atoms. The molecule has 0 aliphatic carbocycles. The number of nitrogens with zero attached hydrogens (tertiary/aromatic N) is 1. The average Bonchev–Trinajstić information content (AvgIpc) is 2.44. The molecule has 0 saturated carbocycles. The van der Waals surface area contributed by atoms with Gasteiger partial charge in [-0.1, -0.05) is 0 Å². The van der Waals surface area contributed by atoms with Crippen molar-refractivity contribution in [1.82, 2.24) is 4.98 Å². The minimum Gasteiger partial charge on any atom is -0.394 e. The van der Waals surface area contributed by atoms with E-state index in [-0.39, 0.29) is 6.61 Å². The van der Waals surface area contributed by atoms with Gasteiger partial charge >= 0.3 is 6.18 Å². The summed E-state index contributed by atoms with van der Waals surface area (Å²) in [6.07, 6.45) is -7.17. The van der Waals surface area contributed by atoms with Crippen LogP contribution >= 0.6 is 0 Å². The van der Waals surface area contributed by atoms with Crippen molar-refractivity contribution in [2.45, 2.75) is 30.5 Å². The Morgan fingerprint density at radius 3 is 2.67 bits per heavy atom. The predicted molar refractivity (Wildman–Crippen MR) is 65.5 cm³/mol. The molecule has 0 radical (unpaired) electrons. The third kappa shape index (κ3) is 3.43. The van der Waals surface area contributed by atoms with Crippen molar-refractivity contribution in [3.05, 3.63) is 23.9 Å². The van der Waals surface area contributed by atoms with E-state index >= 15 is 0 Å². The number of halogens is 3. The molecule has 4 unspecified atom stereocenters. The molecule has 1 fully saturated rings. The maximum absolute atomic E-state index is 12.8. The van der Waals surface area contributed by atoms with Crippen molar-refractivity contribution >= 4 is 5.82 Å². The van der Waals surface area contributed by atoms with Crippen molar-refractivity contribution in [3.8, 4) is 0 Å². The van der Waals surface area contributed by atoms with Crippen molar-refractivity contribution in [2.24, 2.45) is 0 Å². The summed E-state index contributed by atoms with van der Waals surface area (Å²) in [5, 5.41) is 30.9. The van der Waals surface area contributed by atoms with Gasteiger partial charge in [0.2, 0.25) is 0 Å². The molecule has 9 heteroatoms. The van der Waals surface area contributed by atoms with E-state index in [4.69, 9.17) is 9.84 Å². The number of ether oxygens (including phenoxy) is 1. The fourth-order valence-corrected chi connectivity index (χ4v) is 2.09. The first kappa shape index (κ1) is 16.0. The van der Waals surface area contributed by atoms with Crippen LogP contribution in [0.5, 0.6) is 0 Å². The molecular formula is C12H15F3N2O4. The highest BCUT2D eigenvalue weighted by Gasteiger charge is 2.40. The van der Waals surface area contributed by atoms with Gasteiger partial charge < -0.3 is 25.4 Å². The van der Waals surface area contributed by atoms with Crippen LogP contribution in [0.3, 0.4) is 0 Å². The molecule has 6 nitrogen and oxygen atoms in total. The van der Waals surface area contributed by atoms with E-state index in [0.717, 1.165) is 12.1 Å². The van der Waals surface area contributed by atoms with E-state index < -0.39 is 48.5 Å². The lowest BCUT2D eigenvalue weighted by molar-refractivity contribution is -0.153. The Morgan fingerprint density at radius 1 is 1.33 bits per heavy atom. The van der Waals surface area contributed by atoms with Crippen LogP contribution in [0, 0.1) is 0 Å². The van der Waals surface area contributed by atoms with E-state index in [0.29, 0.717) is 0 Å². The van der Waals surface area contributed by atoms with Gasteiger partial charge in [0.05, 0.1) is 24.8 Å². The van der Waals surface area contributed by atoms with Crippen LogP contribution in [0.2, 0.25) is 0 Å². The minimum atomic E-state index is -4.59. The molecular weight excluding hydrogens is 293 g/mol. The number of anilines is 1. The third-order valence-electron chi connectivity index (χ3n) is 3.25. The Labute approximate surface area is 118 Å². The highest BCUT2D eigenvalue weighted by Crippen LogP contribution is 2.34. The van der Waals surface area contributed by atoms with Crippen LogP contribution in [0.25, 0.3) is 0 Å². The quantitative estimate of drug-likeness (QED) is 0.628. The number of alkyl halides is 3. The number of aromatic nitrogens is 1. The summed E-state index contributed by atoms with van der Waals surface area (Å²) in [5.41, 5.74) is -0.976. The number of pyridine rings is 1. The Bertz CT molecular complexity index is 486. The largest absolute Gasteiger partial charge is 0.419 e. The standard InChI is InChI=1S/C12H15F3N2O4/c13-12(14,15)6-2-1-3-16-11(6)17-7-5-21-8(4-18)10(20)9(7)19/h1-3,7-10,18-20H,4-5H2,(H,16,17). The lowest BCUT2D eigenvalue weighted by Crippen LogP contribution is -2.56. The van der Waals surface area contributed by atoms with E-state index in [1.165, 1.54) is 6.20 Å². The molecule has 2 heterocycles. The minimum absolute atomic E-state index is 0.169. The smallest absolute Gasteiger partial charge is 0.394 e. The van der Waals surface area contributed by atoms with Crippen molar-refractivity contribution in [1.29, 1.82) is 0 Å². The summed E-state index contributed by atoms with van der Waals surface area (Å²) >= 11 is 0. The summed E-state index contributed by atoms with van der Waals surface area (Å²) in [5.74, 6) is -0.452. The molecule has 1 saturated heterocycles. The van der Waals surface area contributed by atoms with E-state index in [9.17, 15) is 23.4 Å². The van der Waals surface area contributed by atoms with Crippen LogP contribution in [0.15, 0.2) is 18.3 Å². The van der Waals surface area contributed by atoms with Crippen LogP contribution in [0.4, 0.5) is 19.0 Å². The first-order valence-electron chi connectivity index (χ1n) is 6.22. The van der Waals surface area contributed by atoms with Crippen molar-refractivity contribution < 1.29 is 33.2 Å². The number of hydrogen-bond donors (Lipinski definition) is 4. The maximum Gasteiger partial charge on any atom is 0.419 e. The lowest BCUT2D eigenvalue weighted by Gasteiger charge is -2.37. The summed E-state index contributed by atoms with van der Waals surface area (Å²) in [6.45, 7) is -0.667. The van der Waals surface area contributed by atoms with Gasteiger partial charge in [0, 0.05) is 6.20 Å². The zero-order valence-electron chi connectivity index (χ0n) is 10.8. The van der Waals surface area contributed by atoms with Crippen molar-refractivity contribution in [3.63, 3.8) is 0 Å². The van der Waals surface area contributed by atoms with E-state index in [2.05, 4.69) is 10.3 Å². The van der Waals surface area contributed by atoms with Gasteiger partial charge in [0.25, 0.3) is 0 Å². The first-order chi connectivity index (χ1) is 9.84. The normalized spacial score (nSPS) is 30.2. The second-order valence-corrected chi connectivity index (χ2v) is 4.68. The molecule has 1 aromatic heterocycles. The molecule has 1 aliphatic heterocycles. The van der Waals surface area contributed by atoms with Crippen LogP contribution in [-0.2, 0) is 10.9 Å². The zero-order valence-corrected chi connectivity index (χ0v) is 10.8. The molecule has 21 heavy (non-hydrogen) atoms. The molecule has 118 valence electrons. The van der Waals surface area contributed by atoms with Gasteiger partial charge in [-0.05, 0) is 12.1 Å². The second-order valence-electron chi connectivity index (χ2n) is 4.68. The molecule has 2 rings (SSSR count). The Hall–Kier alpha value is -1.42. The molecule has 1 aromatic rings. The van der Waals surface area contributed by atoms with Gasteiger partial charge in [-0.25, -0.2) is 4.98 Å². The first-order valence-corrected chi connectivity index (χ1v) is 6.22. The Balaban J connectivity index is 2.16. The van der Waals surface area contributed by atoms with Crippen LogP contribution in [-0.4, -0.2) is 57.9 Å². The molecule has 0 aromatic carbocycles. The number of rotatable bonds is 3. The topological polar surface area (TPSA) is 94.8 Å². The maximum atomic E-state index is 12.8. The number of hydrogen-bond acceptors (Lipinski definition) is 6. The third-order valence-corrected chi connectivity index (χ3v) is 3.25. The molecule has 4 N–H and O–H groups in total. The van der Waals surface area contributed by atoms with Crippen LogP contribution < -0.4 is 5.32 Å². The van der Waals surface area contributed by atoms with Gasteiger partial charge in [-0.3, -0.25) is 0 Å². The van der Waals surface area contributed by atoms with E-state index in [1.54, 1.807) is 0 Å². The van der Waals surface area contributed by atoms with Gasteiger partial charge in [-0.15, -0.1) is 0 Å². The van der Waals surface area contributed by atoms with Gasteiger partial charge in [-0.2, -0.15) is 13.2 Å². The van der Waals surface area contributed by atoms with Gasteiger partial charge in [0.1, 0.15) is 24.1 Å². The molecule has 0 amide bonds. The summed E-state index contributed by atoms with van der Waals surface area (Å²) in [6, 6.07) is 1.04. The highest BCUT2D eigenvalue weighted by atomic mass is 19.4. The fourth-order valence-electron chi connectivity index (χ4n) is 2.09. The summed E-state index contributed by atoms with van der Waals surface area (Å²) in [7, 11) is 0. The van der Waals surface area contributed by atoms with Crippen LogP contribution in [0.1, 0.15) is 5.56 Å². The number of aliphatic hydroxyl groups excluding tert-OH is 3. The monoisotopic (exact) mass is 308 g/mol. The molecule has 4 atom stereocenters. The molecule has 0 spiro atoms. The van der Waals surface area contributed by atoms with Gasteiger partial charge in [0.15, 0.2) is 0 Å². The fraction of sp³-hybridized carbons (Fsp3) is 0.583. The predicted octanol–water partition coefficient (Wildman–Crippen LogP) is -0.00620. The SMILES string of the molecule is OCC1OCC(Nc2ncccc2C(F)(F)F)C(O)C1O. The highest BCUT2D eigenvalue weighted by molar-refractivity contribution is 5.46.